The number of hydrogen-bond donors (Lipinski definition) is 0. The molecule has 0 saturated heterocycles. The van der Waals surface area contributed by atoms with Gasteiger partial charge in [-0.15, -0.1) is 0 Å². The molecule has 0 bridgehead atoms. The van der Waals surface area contributed by atoms with Crippen LogP contribution in [0.3, 0.4) is 0 Å². The van der Waals surface area contributed by atoms with E-state index in [0.29, 0.717) is 13.2 Å². The van der Waals surface area contributed by atoms with Crippen LogP contribution in [0.1, 0.15) is 97.8 Å². The first-order chi connectivity index (χ1) is 10.7. The summed E-state index contributed by atoms with van der Waals surface area (Å²) in [4.78, 5) is 11.3. The molecule has 3 heteroatoms. The number of unbranched alkanes of at least 4 members (excludes halogenated alkanes) is 9. The van der Waals surface area contributed by atoms with Crippen LogP contribution in [0.5, 0.6) is 0 Å². The predicted molar refractivity (Wildman–Crippen MR) is 93.2 cm³/mol. The minimum atomic E-state index is -0.492. The molecule has 3 nitrogen and oxygen atoms in total. The minimum absolute atomic E-state index is 0.492. The Balaban J connectivity index is 3.16. The molecule has 0 aliphatic carbocycles. The normalized spacial score (nSPS) is 10.9. The molecule has 0 aromatic carbocycles. The van der Waals surface area contributed by atoms with Crippen molar-refractivity contribution in [3.63, 3.8) is 0 Å². The second-order valence-corrected chi connectivity index (χ2v) is 6.66. The smallest absolute Gasteiger partial charge is 0.434 e. The number of rotatable bonds is 15. The molecule has 0 rings (SSSR count). The average Bonchev–Trinajstić information content (AvgIpc) is 2.48. The van der Waals surface area contributed by atoms with Gasteiger partial charge in [0.05, 0.1) is 13.2 Å². The summed E-state index contributed by atoms with van der Waals surface area (Å²) in [5, 5.41) is 0. The van der Waals surface area contributed by atoms with Crippen LogP contribution in [-0.2, 0) is 9.47 Å². The first kappa shape index (κ1) is 21.3. The zero-order chi connectivity index (χ0) is 16.5. The molecule has 0 heterocycles. The monoisotopic (exact) mass is 314 g/mol. The van der Waals surface area contributed by atoms with E-state index in [2.05, 4.69) is 20.8 Å². The Hall–Kier alpha value is -0.730. The second kappa shape index (κ2) is 16.6. The van der Waals surface area contributed by atoms with Crippen molar-refractivity contribution in [3.8, 4) is 0 Å². The summed E-state index contributed by atoms with van der Waals surface area (Å²) in [6.07, 6.45) is 14.0. The fraction of sp³-hybridized carbons (Fsp3) is 0.947. The Morgan fingerprint density at radius 1 is 0.727 bits per heavy atom. The van der Waals surface area contributed by atoms with E-state index < -0.39 is 6.16 Å². The van der Waals surface area contributed by atoms with Gasteiger partial charge in [0.25, 0.3) is 0 Å². The summed E-state index contributed by atoms with van der Waals surface area (Å²) in [5.74, 6) is 0.810. The van der Waals surface area contributed by atoms with E-state index in [4.69, 9.17) is 9.47 Å². The zero-order valence-corrected chi connectivity index (χ0v) is 15.2. The molecule has 0 aliphatic rings. The molecule has 0 radical (unpaired) electrons. The lowest BCUT2D eigenvalue weighted by atomic mass is 10.0. The van der Waals surface area contributed by atoms with Crippen LogP contribution in [0.2, 0.25) is 0 Å². The van der Waals surface area contributed by atoms with Crippen molar-refractivity contribution in [2.24, 2.45) is 5.92 Å². The van der Waals surface area contributed by atoms with Crippen LogP contribution < -0.4 is 0 Å². The van der Waals surface area contributed by atoms with Crippen molar-refractivity contribution in [2.45, 2.75) is 97.8 Å². The zero-order valence-electron chi connectivity index (χ0n) is 15.2. The topological polar surface area (TPSA) is 35.5 Å². The van der Waals surface area contributed by atoms with Crippen molar-refractivity contribution >= 4 is 6.16 Å². The van der Waals surface area contributed by atoms with Gasteiger partial charge in [-0.1, -0.05) is 85.0 Å². The maximum absolute atomic E-state index is 11.3. The second-order valence-electron chi connectivity index (χ2n) is 6.66. The average molecular weight is 315 g/mol. The van der Waals surface area contributed by atoms with Crippen molar-refractivity contribution in [2.75, 3.05) is 13.2 Å². The summed E-state index contributed by atoms with van der Waals surface area (Å²) >= 11 is 0. The lowest BCUT2D eigenvalue weighted by molar-refractivity contribution is 0.0529. The Bertz CT molecular complexity index is 239. The van der Waals surface area contributed by atoms with E-state index in [1.807, 2.05) is 0 Å². The van der Waals surface area contributed by atoms with Crippen molar-refractivity contribution in [3.05, 3.63) is 0 Å². The molecule has 0 unspecified atom stereocenters. The number of hydrogen-bond acceptors (Lipinski definition) is 3. The van der Waals surface area contributed by atoms with E-state index >= 15 is 0 Å². The summed E-state index contributed by atoms with van der Waals surface area (Å²) in [7, 11) is 0. The van der Waals surface area contributed by atoms with Gasteiger partial charge in [-0.05, 0) is 18.8 Å². The Morgan fingerprint density at radius 3 is 1.68 bits per heavy atom. The van der Waals surface area contributed by atoms with Gasteiger partial charge < -0.3 is 9.47 Å². The van der Waals surface area contributed by atoms with Crippen molar-refractivity contribution in [1.29, 1.82) is 0 Å². The molecule has 0 atom stereocenters. The lowest BCUT2D eigenvalue weighted by Crippen LogP contribution is -2.09. The first-order valence-electron chi connectivity index (χ1n) is 9.46. The summed E-state index contributed by atoms with van der Waals surface area (Å²) in [5.41, 5.74) is 0. The highest BCUT2D eigenvalue weighted by atomic mass is 16.7. The van der Waals surface area contributed by atoms with Gasteiger partial charge in [0.1, 0.15) is 0 Å². The third-order valence-corrected chi connectivity index (χ3v) is 3.86. The SMILES string of the molecule is CCCCCCCCOC(=O)OCCCCCCCC(C)C. The molecule has 0 saturated carbocycles. The van der Waals surface area contributed by atoms with Gasteiger partial charge in [0.2, 0.25) is 0 Å². The van der Waals surface area contributed by atoms with Gasteiger partial charge in [0, 0.05) is 0 Å². The van der Waals surface area contributed by atoms with E-state index in [1.165, 1.54) is 51.4 Å². The molecular weight excluding hydrogens is 276 g/mol. The molecule has 0 N–H and O–H groups in total. The summed E-state index contributed by atoms with van der Waals surface area (Å²) in [6.45, 7) is 7.75. The molecule has 0 aliphatic heterocycles. The Labute approximate surface area is 138 Å². The van der Waals surface area contributed by atoms with Gasteiger partial charge >= 0.3 is 6.16 Å². The Kier molecular flexibility index (Phi) is 16.1. The standard InChI is InChI=1S/C19H38O3/c1-4-5-6-7-10-13-16-21-19(20)22-17-14-11-8-9-12-15-18(2)3/h18H,4-17H2,1-3H3. The van der Waals surface area contributed by atoms with Crippen LogP contribution >= 0.6 is 0 Å². The lowest BCUT2D eigenvalue weighted by Gasteiger charge is -2.07. The first-order valence-corrected chi connectivity index (χ1v) is 9.46. The maximum atomic E-state index is 11.3. The summed E-state index contributed by atoms with van der Waals surface area (Å²) in [6, 6.07) is 0. The van der Waals surface area contributed by atoms with E-state index in [1.54, 1.807) is 0 Å². The molecule has 0 aromatic rings. The molecule has 0 amide bonds. The van der Waals surface area contributed by atoms with Gasteiger partial charge in [-0.3, -0.25) is 0 Å². The molecule has 0 aromatic heterocycles. The third kappa shape index (κ3) is 17.3. The highest BCUT2D eigenvalue weighted by Gasteiger charge is 2.03. The fourth-order valence-electron chi connectivity index (χ4n) is 2.42. The summed E-state index contributed by atoms with van der Waals surface area (Å²) < 4.78 is 10.1. The van der Waals surface area contributed by atoms with Crippen molar-refractivity contribution < 1.29 is 14.3 Å². The highest BCUT2D eigenvalue weighted by molar-refractivity contribution is 5.59. The molecule has 0 spiro atoms. The molecule has 0 fully saturated rings. The van der Waals surface area contributed by atoms with Gasteiger partial charge in [0.15, 0.2) is 0 Å². The minimum Gasteiger partial charge on any atom is -0.434 e. The van der Waals surface area contributed by atoms with E-state index in [9.17, 15) is 4.79 Å². The highest BCUT2D eigenvalue weighted by Crippen LogP contribution is 2.10. The van der Waals surface area contributed by atoms with Crippen LogP contribution in [0.4, 0.5) is 4.79 Å². The van der Waals surface area contributed by atoms with Crippen LogP contribution in [0, 0.1) is 5.92 Å². The van der Waals surface area contributed by atoms with Crippen LogP contribution in [0.25, 0.3) is 0 Å². The maximum Gasteiger partial charge on any atom is 0.508 e. The van der Waals surface area contributed by atoms with Crippen LogP contribution in [0.15, 0.2) is 0 Å². The molecule has 132 valence electrons. The van der Waals surface area contributed by atoms with E-state index in [0.717, 1.165) is 31.6 Å². The molecule has 22 heavy (non-hydrogen) atoms. The Morgan fingerprint density at radius 2 is 1.18 bits per heavy atom. The number of ether oxygens (including phenoxy) is 2. The van der Waals surface area contributed by atoms with Crippen molar-refractivity contribution in [1.82, 2.24) is 0 Å². The molecular formula is C19H38O3. The number of carbonyl (C=O) groups is 1. The predicted octanol–water partition coefficient (Wildman–Crippen LogP) is 6.50. The number of carbonyl (C=O) groups excluding carboxylic acids is 1. The van der Waals surface area contributed by atoms with Gasteiger partial charge in [-0.2, -0.15) is 0 Å². The van der Waals surface area contributed by atoms with Gasteiger partial charge in [-0.25, -0.2) is 4.79 Å². The van der Waals surface area contributed by atoms with E-state index in [-0.39, 0.29) is 0 Å². The fourth-order valence-corrected chi connectivity index (χ4v) is 2.42. The quantitative estimate of drug-likeness (QED) is 0.256. The van der Waals surface area contributed by atoms with Crippen LogP contribution in [-0.4, -0.2) is 19.4 Å². The third-order valence-electron chi connectivity index (χ3n) is 3.86. The largest absolute Gasteiger partial charge is 0.508 e.